The van der Waals surface area contributed by atoms with Crippen LogP contribution in [0.15, 0.2) is 42.7 Å². The van der Waals surface area contributed by atoms with Gasteiger partial charge in [-0.25, -0.2) is 9.97 Å². The zero-order valence-electron chi connectivity index (χ0n) is 16.2. The minimum Gasteiger partial charge on any atom is -0.288 e. The Hall–Kier alpha value is -2.66. The molecule has 138 valence electrons. The zero-order valence-corrected chi connectivity index (χ0v) is 16.9. The van der Waals surface area contributed by atoms with E-state index >= 15 is 0 Å². The molecule has 3 aromatic heterocycles. The highest BCUT2D eigenvalue weighted by Crippen LogP contribution is 2.32. The maximum atomic E-state index is 6.08. The van der Waals surface area contributed by atoms with Gasteiger partial charge in [-0.15, -0.1) is 0 Å². The first-order valence-corrected chi connectivity index (χ1v) is 9.30. The number of hydrogen-bond donors (Lipinski definition) is 0. The van der Waals surface area contributed by atoms with Crippen LogP contribution in [0.1, 0.15) is 38.0 Å². The van der Waals surface area contributed by atoms with Crippen molar-refractivity contribution < 1.29 is 0 Å². The smallest absolute Gasteiger partial charge is 0.165 e. The molecule has 0 aliphatic heterocycles. The second-order valence-electron chi connectivity index (χ2n) is 7.80. The van der Waals surface area contributed by atoms with Crippen LogP contribution < -0.4 is 0 Å². The van der Waals surface area contributed by atoms with Crippen LogP contribution in [0.25, 0.3) is 22.6 Å². The molecule has 0 amide bonds. The van der Waals surface area contributed by atoms with E-state index in [-0.39, 0.29) is 5.41 Å². The van der Waals surface area contributed by atoms with E-state index in [0.717, 1.165) is 39.8 Å². The quantitative estimate of drug-likeness (QED) is 0.484. The highest BCUT2D eigenvalue weighted by Gasteiger charge is 2.23. The highest BCUT2D eigenvalue weighted by molar-refractivity contribution is 6.30. The topological polar surface area (TPSA) is 48.0 Å². The van der Waals surface area contributed by atoms with Gasteiger partial charge in [0.2, 0.25) is 0 Å². The average Bonchev–Trinajstić information content (AvgIpc) is 3.16. The molecule has 4 aromatic rings. The Kier molecular flexibility index (Phi) is 4.07. The van der Waals surface area contributed by atoms with E-state index in [2.05, 4.69) is 31.8 Å². The van der Waals surface area contributed by atoms with Crippen LogP contribution in [0.4, 0.5) is 0 Å². The van der Waals surface area contributed by atoms with Crippen molar-refractivity contribution in [3.63, 3.8) is 0 Å². The van der Waals surface area contributed by atoms with Crippen molar-refractivity contribution in [2.24, 2.45) is 0 Å². The van der Waals surface area contributed by atoms with E-state index in [1.807, 2.05) is 53.4 Å². The van der Waals surface area contributed by atoms with Crippen molar-refractivity contribution >= 4 is 17.2 Å². The minimum atomic E-state index is -0.0968. The van der Waals surface area contributed by atoms with Crippen LogP contribution in [0.3, 0.4) is 0 Å². The van der Waals surface area contributed by atoms with Gasteiger partial charge in [0.25, 0.3) is 0 Å². The lowest BCUT2D eigenvalue weighted by atomic mass is 9.92. The standard InChI is InChI=1S/C21H22ClN5/c1-13-19(15-6-8-16(22)9-7-15)20-24-17(21(3,4)5)12-18(27(20)25-13)26-11-10-23-14(26)2/h6-12H,1-5H3. The van der Waals surface area contributed by atoms with E-state index in [1.165, 1.54) is 0 Å². The van der Waals surface area contributed by atoms with Crippen LogP contribution >= 0.6 is 11.6 Å². The summed E-state index contributed by atoms with van der Waals surface area (Å²) in [7, 11) is 0. The number of aryl methyl sites for hydroxylation is 2. The average molecular weight is 380 g/mol. The van der Waals surface area contributed by atoms with Crippen LogP contribution in [0.2, 0.25) is 5.02 Å². The monoisotopic (exact) mass is 379 g/mol. The number of benzene rings is 1. The van der Waals surface area contributed by atoms with Gasteiger partial charge in [-0.3, -0.25) is 4.57 Å². The van der Waals surface area contributed by atoms with Gasteiger partial charge in [0.15, 0.2) is 5.65 Å². The largest absolute Gasteiger partial charge is 0.288 e. The van der Waals surface area contributed by atoms with E-state index in [0.29, 0.717) is 5.02 Å². The molecule has 5 nitrogen and oxygen atoms in total. The summed E-state index contributed by atoms with van der Waals surface area (Å²) in [5.74, 6) is 1.84. The molecule has 3 heterocycles. The molecule has 27 heavy (non-hydrogen) atoms. The molecule has 0 unspecified atom stereocenters. The first-order chi connectivity index (χ1) is 12.8. The molecule has 0 spiro atoms. The molecule has 0 saturated heterocycles. The lowest BCUT2D eigenvalue weighted by Crippen LogP contribution is -2.17. The molecule has 4 rings (SSSR count). The molecule has 0 radical (unpaired) electrons. The Balaban J connectivity index is 2.09. The second kappa shape index (κ2) is 6.20. The molecule has 6 heteroatoms. The molecular formula is C21H22ClN5. The van der Waals surface area contributed by atoms with E-state index in [9.17, 15) is 0 Å². The predicted octanol–water partition coefficient (Wildman–Crippen LogP) is 5.15. The fourth-order valence-electron chi connectivity index (χ4n) is 3.24. The van der Waals surface area contributed by atoms with E-state index in [4.69, 9.17) is 21.7 Å². The van der Waals surface area contributed by atoms with Crippen molar-refractivity contribution in [3.8, 4) is 16.9 Å². The normalized spacial score (nSPS) is 12.1. The highest BCUT2D eigenvalue weighted by atomic mass is 35.5. The number of halogens is 1. The van der Waals surface area contributed by atoms with Gasteiger partial charge in [0.05, 0.1) is 11.4 Å². The fraction of sp³-hybridized carbons (Fsp3) is 0.286. The maximum Gasteiger partial charge on any atom is 0.165 e. The Morgan fingerprint density at radius 1 is 1.04 bits per heavy atom. The van der Waals surface area contributed by atoms with Crippen LogP contribution in [0, 0.1) is 13.8 Å². The fourth-order valence-corrected chi connectivity index (χ4v) is 3.36. The summed E-state index contributed by atoms with van der Waals surface area (Å²) in [6, 6.07) is 9.92. The van der Waals surface area contributed by atoms with Gasteiger partial charge in [0.1, 0.15) is 11.6 Å². The SMILES string of the molecule is Cc1nn2c(-n3ccnc3C)cc(C(C)(C)C)nc2c1-c1ccc(Cl)cc1. The Bertz CT molecular complexity index is 1130. The Morgan fingerprint density at radius 2 is 1.74 bits per heavy atom. The van der Waals surface area contributed by atoms with Crippen molar-refractivity contribution in [1.29, 1.82) is 0 Å². The molecular weight excluding hydrogens is 358 g/mol. The van der Waals surface area contributed by atoms with Crippen LogP contribution in [-0.4, -0.2) is 24.1 Å². The second-order valence-corrected chi connectivity index (χ2v) is 8.23. The molecule has 0 atom stereocenters. The van der Waals surface area contributed by atoms with Gasteiger partial charge < -0.3 is 0 Å². The summed E-state index contributed by atoms with van der Waals surface area (Å²) >= 11 is 6.08. The van der Waals surface area contributed by atoms with Crippen LogP contribution in [-0.2, 0) is 5.41 Å². The Labute approximate surface area is 163 Å². The number of rotatable bonds is 2. The number of hydrogen-bond acceptors (Lipinski definition) is 3. The number of fused-ring (bicyclic) bond motifs is 1. The summed E-state index contributed by atoms with van der Waals surface area (Å²) in [5.41, 5.74) is 4.75. The maximum absolute atomic E-state index is 6.08. The van der Waals surface area contributed by atoms with E-state index in [1.54, 1.807) is 6.20 Å². The molecule has 0 fully saturated rings. The lowest BCUT2D eigenvalue weighted by molar-refractivity contribution is 0.566. The van der Waals surface area contributed by atoms with Crippen LogP contribution in [0.5, 0.6) is 0 Å². The summed E-state index contributed by atoms with van der Waals surface area (Å²) in [4.78, 5) is 9.38. The third-order valence-electron chi connectivity index (χ3n) is 4.72. The van der Waals surface area contributed by atoms with E-state index < -0.39 is 0 Å². The third kappa shape index (κ3) is 3.02. The summed E-state index contributed by atoms with van der Waals surface area (Å²) in [6.07, 6.45) is 3.75. The molecule has 1 aromatic carbocycles. The minimum absolute atomic E-state index is 0.0968. The van der Waals surface area contributed by atoms with Crippen molar-refractivity contribution in [2.75, 3.05) is 0 Å². The molecule has 0 saturated carbocycles. The first kappa shape index (κ1) is 17.7. The molecule has 0 aliphatic carbocycles. The summed E-state index contributed by atoms with van der Waals surface area (Å²) < 4.78 is 3.95. The van der Waals surface area contributed by atoms with Crippen molar-refractivity contribution in [2.45, 2.75) is 40.0 Å². The first-order valence-electron chi connectivity index (χ1n) is 8.93. The van der Waals surface area contributed by atoms with Gasteiger partial charge >= 0.3 is 0 Å². The lowest BCUT2D eigenvalue weighted by Gasteiger charge is -2.20. The Morgan fingerprint density at radius 3 is 2.33 bits per heavy atom. The zero-order chi connectivity index (χ0) is 19.3. The van der Waals surface area contributed by atoms with Crippen molar-refractivity contribution in [3.05, 3.63) is 65.0 Å². The van der Waals surface area contributed by atoms with Gasteiger partial charge in [-0.1, -0.05) is 44.5 Å². The van der Waals surface area contributed by atoms with Gasteiger partial charge in [-0.2, -0.15) is 9.61 Å². The molecule has 0 bridgehead atoms. The molecule has 0 N–H and O–H groups in total. The van der Waals surface area contributed by atoms with Crippen molar-refractivity contribution in [1.82, 2.24) is 24.1 Å². The number of nitrogens with zero attached hydrogens (tertiary/aromatic N) is 5. The molecule has 0 aliphatic rings. The number of aromatic nitrogens is 5. The predicted molar refractivity (Wildman–Crippen MR) is 109 cm³/mol. The summed E-state index contributed by atoms with van der Waals surface area (Å²) in [5, 5.41) is 5.52. The van der Waals surface area contributed by atoms with Gasteiger partial charge in [-0.05, 0) is 31.5 Å². The van der Waals surface area contributed by atoms with Gasteiger partial charge in [0, 0.05) is 34.5 Å². The number of imidazole rings is 1. The summed E-state index contributed by atoms with van der Waals surface area (Å²) in [6.45, 7) is 10.5. The third-order valence-corrected chi connectivity index (χ3v) is 4.97.